The van der Waals surface area contributed by atoms with Crippen LogP contribution in [0.4, 0.5) is 0 Å². The number of fused-ring (bicyclic) bond motifs is 5. The van der Waals surface area contributed by atoms with E-state index in [0.29, 0.717) is 27.9 Å². The van der Waals surface area contributed by atoms with Crippen molar-refractivity contribution in [2.24, 2.45) is 0 Å². The van der Waals surface area contributed by atoms with Crippen molar-refractivity contribution in [3.05, 3.63) is 56.9 Å². The molecule has 5 rings (SSSR count). The molecule has 0 unspecified atom stereocenters. The molecule has 2 aliphatic rings. The summed E-state index contributed by atoms with van der Waals surface area (Å²) in [7, 11) is 0. The van der Waals surface area contributed by atoms with E-state index < -0.39 is 11.6 Å². The number of aromatic nitrogens is 2. The van der Waals surface area contributed by atoms with Gasteiger partial charge in [-0.25, -0.2) is 9.78 Å². The number of hydrogen-bond acceptors (Lipinski definition) is 6. The molecule has 0 aliphatic carbocycles. The maximum Gasteiger partial charge on any atom is 0.343 e. The second-order valence-electron chi connectivity index (χ2n) is 7.60. The van der Waals surface area contributed by atoms with Gasteiger partial charge in [0.05, 0.1) is 29.0 Å². The number of nitrogens with zero attached hydrogens (tertiary/aromatic N) is 2. The number of aromatic hydroxyl groups is 1. The number of benzene rings is 1. The van der Waals surface area contributed by atoms with Crippen LogP contribution in [-0.4, -0.2) is 25.7 Å². The number of carbonyl (C=O) groups is 1. The predicted molar refractivity (Wildman–Crippen MR) is 106 cm³/mol. The van der Waals surface area contributed by atoms with Crippen LogP contribution >= 0.6 is 0 Å². The summed E-state index contributed by atoms with van der Waals surface area (Å²) < 4.78 is 6.59. The molecule has 2 aliphatic heterocycles. The quantitative estimate of drug-likeness (QED) is 0.508. The Bertz CT molecular complexity index is 1280. The first-order valence-electron chi connectivity index (χ1n) is 9.70. The van der Waals surface area contributed by atoms with E-state index in [2.05, 4.69) is 0 Å². The fraction of sp³-hybridized carbons (Fsp3) is 0.318. The summed E-state index contributed by atoms with van der Waals surface area (Å²) in [4.78, 5) is 30.1. The minimum absolute atomic E-state index is 0.0881. The molecule has 3 aromatic rings. The van der Waals surface area contributed by atoms with Gasteiger partial charge in [0.25, 0.3) is 5.56 Å². The SMILES string of the molecule is CCc1ccc2nc3c(c(O)c2c1)Cn1c-3cc2c(c1=O)COC(=O)[C@]2(O)CC. The number of cyclic esters (lactones) is 1. The van der Waals surface area contributed by atoms with Gasteiger partial charge in [0.1, 0.15) is 12.4 Å². The lowest BCUT2D eigenvalue weighted by Crippen LogP contribution is -2.44. The number of hydrogen-bond donors (Lipinski definition) is 2. The average Bonchev–Trinajstić information content (AvgIpc) is 3.10. The Labute approximate surface area is 166 Å². The summed E-state index contributed by atoms with van der Waals surface area (Å²) in [6, 6.07) is 7.37. The lowest BCUT2D eigenvalue weighted by atomic mass is 9.86. The summed E-state index contributed by atoms with van der Waals surface area (Å²) in [6.07, 6.45) is 0.924. The van der Waals surface area contributed by atoms with Crippen LogP contribution in [0.15, 0.2) is 29.1 Å². The highest BCUT2D eigenvalue weighted by Crippen LogP contribution is 2.42. The van der Waals surface area contributed by atoms with Crippen LogP contribution in [0.25, 0.3) is 22.3 Å². The Morgan fingerprint density at radius 1 is 1.21 bits per heavy atom. The van der Waals surface area contributed by atoms with Crippen LogP contribution in [0.1, 0.15) is 42.5 Å². The fourth-order valence-electron chi connectivity index (χ4n) is 4.33. The van der Waals surface area contributed by atoms with Crippen molar-refractivity contribution in [1.82, 2.24) is 9.55 Å². The Morgan fingerprint density at radius 2 is 2.00 bits per heavy atom. The van der Waals surface area contributed by atoms with Crippen LogP contribution in [-0.2, 0) is 34.7 Å². The molecule has 0 saturated carbocycles. The Hall–Kier alpha value is -3.19. The Kier molecular flexibility index (Phi) is 3.64. The normalized spacial score (nSPS) is 19.6. The molecular weight excluding hydrogens is 372 g/mol. The molecule has 0 fully saturated rings. The van der Waals surface area contributed by atoms with Gasteiger partial charge < -0.3 is 19.5 Å². The highest BCUT2D eigenvalue weighted by molar-refractivity contribution is 5.91. The molecule has 0 amide bonds. The maximum atomic E-state index is 13.1. The van der Waals surface area contributed by atoms with Crippen LogP contribution in [0.5, 0.6) is 5.75 Å². The Morgan fingerprint density at radius 3 is 2.72 bits per heavy atom. The van der Waals surface area contributed by atoms with E-state index in [1.54, 1.807) is 13.0 Å². The molecule has 4 heterocycles. The second-order valence-corrected chi connectivity index (χ2v) is 7.60. The first-order chi connectivity index (χ1) is 13.9. The minimum Gasteiger partial charge on any atom is -0.507 e. The average molecular weight is 392 g/mol. The Balaban J connectivity index is 1.80. The van der Waals surface area contributed by atoms with E-state index in [0.717, 1.165) is 12.0 Å². The number of carbonyl (C=O) groups excluding carboxylic acids is 1. The van der Waals surface area contributed by atoms with E-state index in [1.807, 2.05) is 25.1 Å². The van der Waals surface area contributed by atoms with E-state index >= 15 is 0 Å². The van der Waals surface area contributed by atoms with Crippen molar-refractivity contribution in [2.45, 2.75) is 45.4 Å². The number of esters is 1. The van der Waals surface area contributed by atoms with Crippen LogP contribution in [0.2, 0.25) is 0 Å². The third-order valence-electron chi connectivity index (χ3n) is 6.13. The molecule has 148 valence electrons. The largest absolute Gasteiger partial charge is 0.507 e. The number of rotatable bonds is 2. The van der Waals surface area contributed by atoms with E-state index in [1.165, 1.54) is 4.57 Å². The van der Waals surface area contributed by atoms with Crippen molar-refractivity contribution >= 4 is 16.9 Å². The zero-order valence-corrected chi connectivity index (χ0v) is 16.2. The van der Waals surface area contributed by atoms with Crippen molar-refractivity contribution in [2.75, 3.05) is 0 Å². The predicted octanol–water partition coefficient (Wildman–Crippen LogP) is 2.35. The molecule has 0 bridgehead atoms. The zero-order chi connectivity index (χ0) is 20.5. The third-order valence-corrected chi connectivity index (χ3v) is 6.13. The molecule has 0 spiro atoms. The van der Waals surface area contributed by atoms with Crippen molar-refractivity contribution in [3.63, 3.8) is 0 Å². The number of ether oxygens (including phenoxy) is 1. The first kappa shape index (κ1) is 17.9. The monoisotopic (exact) mass is 392 g/mol. The van der Waals surface area contributed by atoms with E-state index in [-0.39, 0.29) is 42.0 Å². The van der Waals surface area contributed by atoms with Gasteiger partial charge >= 0.3 is 5.97 Å². The van der Waals surface area contributed by atoms with Crippen molar-refractivity contribution in [3.8, 4) is 17.1 Å². The van der Waals surface area contributed by atoms with Gasteiger partial charge in [-0.05, 0) is 36.6 Å². The summed E-state index contributed by atoms with van der Waals surface area (Å²) in [5.74, 6) is -0.643. The standard InChI is InChI=1S/C22H20N2O5/c1-3-11-5-6-16-12(7-11)19(25)13-9-24-17(18(13)23-16)8-15-14(20(24)26)10-29-21(27)22(15,28)4-2/h5-8,28H,3-4,9-10H2,1-2H3,(H,23,25)/t22-/m0/s1. The van der Waals surface area contributed by atoms with Crippen molar-refractivity contribution in [1.29, 1.82) is 0 Å². The third kappa shape index (κ3) is 2.25. The van der Waals surface area contributed by atoms with Gasteiger partial charge in [0, 0.05) is 16.5 Å². The summed E-state index contributed by atoms with van der Waals surface area (Å²) in [5.41, 5.74) is 1.60. The van der Waals surface area contributed by atoms with Gasteiger partial charge in [-0.3, -0.25) is 4.79 Å². The van der Waals surface area contributed by atoms with Crippen LogP contribution in [0.3, 0.4) is 0 Å². The molecule has 2 N–H and O–H groups in total. The maximum absolute atomic E-state index is 13.1. The lowest BCUT2D eigenvalue weighted by molar-refractivity contribution is -0.172. The van der Waals surface area contributed by atoms with Gasteiger partial charge in [0.15, 0.2) is 5.60 Å². The zero-order valence-electron chi connectivity index (χ0n) is 16.2. The molecular formula is C22H20N2O5. The first-order valence-corrected chi connectivity index (χ1v) is 9.70. The minimum atomic E-state index is -1.86. The second kappa shape index (κ2) is 5.90. The summed E-state index contributed by atoms with van der Waals surface area (Å²) in [5, 5.41) is 22.5. The van der Waals surface area contributed by atoms with Gasteiger partial charge in [-0.15, -0.1) is 0 Å². The topological polar surface area (TPSA) is 102 Å². The molecule has 1 atom stereocenters. The van der Waals surface area contributed by atoms with E-state index in [9.17, 15) is 19.8 Å². The summed E-state index contributed by atoms with van der Waals surface area (Å²) in [6.45, 7) is 3.71. The highest BCUT2D eigenvalue weighted by Gasteiger charge is 2.45. The summed E-state index contributed by atoms with van der Waals surface area (Å²) >= 11 is 0. The molecule has 7 heteroatoms. The molecule has 0 saturated heterocycles. The molecule has 29 heavy (non-hydrogen) atoms. The van der Waals surface area contributed by atoms with Crippen LogP contribution in [0, 0.1) is 0 Å². The smallest absolute Gasteiger partial charge is 0.343 e. The molecule has 1 aromatic carbocycles. The number of aryl methyl sites for hydroxylation is 1. The fourth-order valence-corrected chi connectivity index (χ4v) is 4.33. The van der Waals surface area contributed by atoms with Gasteiger partial charge in [-0.2, -0.15) is 0 Å². The van der Waals surface area contributed by atoms with E-state index in [4.69, 9.17) is 9.72 Å². The molecule has 0 radical (unpaired) electrons. The number of pyridine rings is 2. The van der Waals surface area contributed by atoms with Gasteiger partial charge in [-0.1, -0.05) is 19.9 Å². The lowest BCUT2D eigenvalue weighted by Gasteiger charge is -2.31. The van der Waals surface area contributed by atoms with Crippen LogP contribution < -0.4 is 5.56 Å². The molecule has 7 nitrogen and oxygen atoms in total. The van der Waals surface area contributed by atoms with Gasteiger partial charge in [0.2, 0.25) is 0 Å². The number of aliphatic hydroxyl groups is 1. The molecule has 2 aromatic heterocycles. The highest BCUT2D eigenvalue weighted by atomic mass is 16.6. The van der Waals surface area contributed by atoms with Crippen molar-refractivity contribution < 1.29 is 19.7 Å².